The number of hydrogen-bond acceptors (Lipinski definition) is 6. The van der Waals surface area contributed by atoms with Crippen LogP contribution in [0.2, 0.25) is 0 Å². The number of nitrogens with zero attached hydrogens (tertiary/aromatic N) is 5. The van der Waals surface area contributed by atoms with E-state index < -0.39 is 0 Å². The highest BCUT2D eigenvalue weighted by Gasteiger charge is 2.15. The molecule has 6 aromatic rings. The summed E-state index contributed by atoms with van der Waals surface area (Å²) in [5.74, 6) is 1.94. The van der Waals surface area contributed by atoms with E-state index in [2.05, 4.69) is 39.9 Å². The smallest absolute Gasteiger partial charge is 0.291 e. The van der Waals surface area contributed by atoms with Gasteiger partial charge >= 0.3 is 0 Å². The third kappa shape index (κ3) is 5.48. The van der Waals surface area contributed by atoms with Crippen molar-refractivity contribution < 1.29 is 4.74 Å². The van der Waals surface area contributed by atoms with E-state index in [0.29, 0.717) is 27.8 Å². The van der Waals surface area contributed by atoms with Crippen LogP contribution in [0.25, 0.3) is 39.4 Å². The second kappa shape index (κ2) is 11.2. The standard InChI is InChI=1S/C31H26BrN5O2S/c1-20(2)16-17-39-26-14-10-21(11-15-26)28-23(19-36(34-28)25-6-4-3-5-7-25)18-27-30(38)37-31(40-27)33-29(35-37)22-8-12-24(32)13-9-22/h3-15,18-20H,16-17H2,1-2H3/b27-18+. The highest BCUT2D eigenvalue weighted by atomic mass is 79.9. The van der Waals surface area contributed by atoms with Gasteiger partial charge in [0.1, 0.15) is 11.4 Å². The molecule has 0 bridgehead atoms. The summed E-state index contributed by atoms with van der Waals surface area (Å²) in [6.07, 6.45) is 4.82. The summed E-state index contributed by atoms with van der Waals surface area (Å²) in [5, 5.41) is 9.39. The number of thiazole rings is 1. The fourth-order valence-electron chi connectivity index (χ4n) is 4.25. The number of ether oxygens (including phenoxy) is 1. The van der Waals surface area contributed by atoms with Gasteiger partial charge in [0.15, 0.2) is 5.82 Å². The molecule has 0 atom stereocenters. The summed E-state index contributed by atoms with van der Waals surface area (Å²) in [6, 6.07) is 25.6. The molecule has 0 unspecified atom stereocenters. The molecular weight excluding hydrogens is 586 g/mol. The second-order valence-electron chi connectivity index (χ2n) is 9.82. The Labute approximate surface area is 243 Å². The van der Waals surface area contributed by atoms with Gasteiger partial charge in [-0.15, -0.1) is 5.10 Å². The van der Waals surface area contributed by atoms with Gasteiger partial charge in [-0.05, 0) is 66.9 Å². The van der Waals surface area contributed by atoms with Gasteiger partial charge in [0, 0.05) is 27.4 Å². The maximum atomic E-state index is 13.3. The van der Waals surface area contributed by atoms with Crippen LogP contribution in [0.5, 0.6) is 5.75 Å². The largest absolute Gasteiger partial charge is 0.494 e. The van der Waals surface area contributed by atoms with Crippen molar-refractivity contribution in [2.75, 3.05) is 6.61 Å². The van der Waals surface area contributed by atoms with E-state index in [4.69, 9.17) is 9.84 Å². The first-order valence-corrected chi connectivity index (χ1v) is 14.6. The van der Waals surface area contributed by atoms with Crippen molar-refractivity contribution in [1.29, 1.82) is 0 Å². The van der Waals surface area contributed by atoms with Gasteiger partial charge < -0.3 is 4.74 Å². The molecule has 0 N–H and O–H groups in total. The Kier molecular flexibility index (Phi) is 7.32. The molecule has 7 nitrogen and oxygen atoms in total. The fourth-order valence-corrected chi connectivity index (χ4v) is 5.41. The average molecular weight is 613 g/mol. The molecule has 6 rings (SSSR count). The summed E-state index contributed by atoms with van der Waals surface area (Å²) >= 11 is 4.76. The zero-order chi connectivity index (χ0) is 27.6. The zero-order valence-corrected chi connectivity index (χ0v) is 24.4. The molecule has 3 heterocycles. The topological polar surface area (TPSA) is 74.3 Å². The van der Waals surface area contributed by atoms with Crippen molar-refractivity contribution >= 4 is 38.3 Å². The van der Waals surface area contributed by atoms with E-state index in [1.54, 1.807) is 0 Å². The number of benzene rings is 3. The molecule has 0 fully saturated rings. The quantitative estimate of drug-likeness (QED) is 0.199. The molecule has 0 aliphatic heterocycles. The Morgan fingerprint density at radius 3 is 2.38 bits per heavy atom. The monoisotopic (exact) mass is 611 g/mol. The molecule has 0 aliphatic rings. The number of halogens is 1. The first kappa shape index (κ1) is 26.2. The molecule has 0 spiro atoms. The molecule has 200 valence electrons. The van der Waals surface area contributed by atoms with Crippen LogP contribution in [0.4, 0.5) is 0 Å². The van der Waals surface area contributed by atoms with E-state index in [1.165, 1.54) is 15.9 Å². The molecule has 0 radical (unpaired) electrons. The summed E-state index contributed by atoms with van der Waals surface area (Å²) < 4.78 is 10.6. The molecule has 0 aliphatic carbocycles. The Balaban J connectivity index is 1.38. The molecular formula is C31H26BrN5O2S. The van der Waals surface area contributed by atoms with E-state index >= 15 is 0 Å². The maximum Gasteiger partial charge on any atom is 0.291 e. The Morgan fingerprint density at radius 1 is 0.950 bits per heavy atom. The second-order valence-corrected chi connectivity index (χ2v) is 11.7. The first-order chi connectivity index (χ1) is 19.4. The van der Waals surface area contributed by atoms with Crippen LogP contribution in [-0.4, -0.2) is 31.0 Å². The van der Waals surface area contributed by atoms with Gasteiger partial charge in [-0.25, -0.2) is 4.68 Å². The maximum absolute atomic E-state index is 13.3. The van der Waals surface area contributed by atoms with Crippen LogP contribution in [0.3, 0.4) is 0 Å². The highest BCUT2D eigenvalue weighted by Crippen LogP contribution is 2.27. The number of hydrogen-bond donors (Lipinski definition) is 0. The summed E-state index contributed by atoms with van der Waals surface area (Å²) in [4.78, 5) is 18.5. The Morgan fingerprint density at radius 2 is 1.68 bits per heavy atom. The van der Waals surface area contributed by atoms with Gasteiger partial charge in [-0.2, -0.15) is 14.6 Å². The molecule has 0 saturated heterocycles. The van der Waals surface area contributed by atoms with Crippen LogP contribution in [-0.2, 0) is 0 Å². The average Bonchev–Trinajstić information content (AvgIpc) is 3.65. The van der Waals surface area contributed by atoms with Crippen LogP contribution < -0.4 is 14.8 Å². The zero-order valence-electron chi connectivity index (χ0n) is 22.0. The lowest BCUT2D eigenvalue weighted by Gasteiger charge is -2.08. The van der Waals surface area contributed by atoms with Crippen molar-refractivity contribution in [2.24, 2.45) is 5.92 Å². The minimum Gasteiger partial charge on any atom is -0.494 e. The van der Waals surface area contributed by atoms with E-state index in [0.717, 1.165) is 44.7 Å². The third-order valence-electron chi connectivity index (χ3n) is 6.43. The molecule has 0 saturated carbocycles. The van der Waals surface area contributed by atoms with E-state index in [-0.39, 0.29) is 5.56 Å². The van der Waals surface area contributed by atoms with Crippen LogP contribution >= 0.6 is 27.3 Å². The molecule has 40 heavy (non-hydrogen) atoms. The van der Waals surface area contributed by atoms with Crippen LogP contribution in [0, 0.1) is 5.92 Å². The first-order valence-electron chi connectivity index (χ1n) is 13.0. The van der Waals surface area contributed by atoms with Gasteiger partial charge in [0.2, 0.25) is 4.96 Å². The van der Waals surface area contributed by atoms with Crippen molar-refractivity contribution in [1.82, 2.24) is 24.4 Å². The molecule has 9 heteroatoms. The van der Waals surface area contributed by atoms with Crippen molar-refractivity contribution in [3.8, 4) is 34.1 Å². The molecule has 3 aromatic heterocycles. The predicted octanol–water partition coefficient (Wildman–Crippen LogP) is 6.41. The number of rotatable bonds is 8. The van der Waals surface area contributed by atoms with Crippen LogP contribution in [0.15, 0.2) is 94.3 Å². The predicted molar refractivity (Wildman–Crippen MR) is 163 cm³/mol. The summed E-state index contributed by atoms with van der Waals surface area (Å²) in [5.41, 5.74) is 4.11. The lowest BCUT2D eigenvalue weighted by atomic mass is 10.1. The Bertz CT molecular complexity index is 1870. The van der Waals surface area contributed by atoms with Gasteiger partial charge in [0.05, 0.1) is 16.8 Å². The van der Waals surface area contributed by atoms with Gasteiger partial charge in [0.25, 0.3) is 5.56 Å². The highest BCUT2D eigenvalue weighted by molar-refractivity contribution is 9.10. The SMILES string of the molecule is CC(C)CCOc1ccc(-c2nn(-c3ccccc3)cc2/C=c2/sc3nc(-c4ccc(Br)cc4)nn3c2=O)cc1. The minimum atomic E-state index is -0.205. The lowest BCUT2D eigenvalue weighted by Crippen LogP contribution is -2.23. The molecule has 0 amide bonds. The van der Waals surface area contributed by atoms with E-state index in [1.807, 2.05) is 95.8 Å². The van der Waals surface area contributed by atoms with Crippen molar-refractivity contribution in [2.45, 2.75) is 20.3 Å². The minimum absolute atomic E-state index is 0.205. The normalized spacial score (nSPS) is 12.1. The number of para-hydroxylation sites is 1. The summed E-state index contributed by atoms with van der Waals surface area (Å²) in [6.45, 7) is 5.05. The number of fused-ring (bicyclic) bond motifs is 1. The van der Waals surface area contributed by atoms with Gasteiger partial charge in [-0.1, -0.05) is 71.4 Å². The lowest BCUT2D eigenvalue weighted by molar-refractivity contribution is 0.289. The van der Waals surface area contributed by atoms with E-state index in [9.17, 15) is 4.79 Å². The van der Waals surface area contributed by atoms with Crippen molar-refractivity contribution in [3.63, 3.8) is 0 Å². The third-order valence-corrected chi connectivity index (χ3v) is 7.91. The Hall–Kier alpha value is -4.08. The molecule has 3 aromatic carbocycles. The number of aromatic nitrogens is 5. The fraction of sp³-hybridized carbons (Fsp3) is 0.161. The summed E-state index contributed by atoms with van der Waals surface area (Å²) in [7, 11) is 0. The van der Waals surface area contributed by atoms with Gasteiger partial charge in [-0.3, -0.25) is 4.79 Å². The van der Waals surface area contributed by atoms with Crippen molar-refractivity contribution in [3.05, 3.63) is 110 Å². The van der Waals surface area contributed by atoms with Crippen LogP contribution in [0.1, 0.15) is 25.8 Å².